The molecule has 0 amide bonds. The van der Waals surface area contributed by atoms with Crippen molar-refractivity contribution >= 4 is 15.9 Å². The van der Waals surface area contributed by atoms with E-state index >= 15 is 0 Å². The Balaban J connectivity index is 2.13. The fraction of sp³-hybridized carbons (Fsp3) is 0.538. The molecule has 1 aromatic carbocycles. The SMILES string of the molecule is COc1ccc(C(C)NC2(C(F)(F)F)CC2)cc1Br. The molecule has 2 rings (SSSR count). The van der Waals surface area contributed by atoms with Crippen LogP contribution < -0.4 is 10.1 Å². The van der Waals surface area contributed by atoms with E-state index in [1.54, 1.807) is 32.2 Å². The standard InChI is InChI=1S/C13H15BrF3NO/c1-8(18-12(5-6-12)13(15,16)17)9-3-4-11(19-2)10(14)7-9/h3-4,7-8,18H,5-6H2,1-2H3. The van der Waals surface area contributed by atoms with Crippen LogP contribution in [0.3, 0.4) is 0 Å². The Hall–Kier alpha value is -0.750. The summed E-state index contributed by atoms with van der Waals surface area (Å²) >= 11 is 3.34. The zero-order chi connectivity index (χ0) is 14.3. The van der Waals surface area contributed by atoms with E-state index in [4.69, 9.17) is 4.74 Å². The van der Waals surface area contributed by atoms with Crippen LogP contribution >= 0.6 is 15.9 Å². The molecule has 0 heterocycles. The molecule has 1 N–H and O–H groups in total. The van der Waals surface area contributed by atoms with Crippen molar-refractivity contribution in [2.24, 2.45) is 0 Å². The Morgan fingerprint density at radius 3 is 2.42 bits per heavy atom. The number of methoxy groups -OCH3 is 1. The molecule has 0 aliphatic heterocycles. The molecule has 1 aromatic rings. The number of hydrogen-bond donors (Lipinski definition) is 1. The van der Waals surface area contributed by atoms with Gasteiger partial charge in [-0.3, -0.25) is 5.32 Å². The van der Waals surface area contributed by atoms with Crippen LogP contribution in [0.25, 0.3) is 0 Å². The zero-order valence-electron chi connectivity index (χ0n) is 10.6. The molecule has 2 nitrogen and oxygen atoms in total. The summed E-state index contributed by atoms with van der Waals surface area (Å²) in [4.78, 5) is 0. The normalized spacial score (nSPS) is 19.1. The van der Waals surface area contributed by atoms with Gasteiger partial charge in [-0.15, -0.1) is 0 Å². The Labute approximate surface area is 118 Å². The molecular formula is C13H15BrF3NO. The molecule has 1 atom stereocenters. The number of alkyl halides is 3. The quantitative estimate of drug-likeness (QED) is 0.888. The van der Waals surface area contributed by atoms with Gasteiger partial charge in [-0.05, 0) is 53.4 Å². The van der Waals surface area contributed by atoms with Crippen molar-refractivity contribution in [3.63, 3.8) is 0 Å². The minimum Gasteiger partial charge on any atom is -0.496 e. The number of rotatable bonds is 4. The summed E-state index contributed by atoms with van der Waals surface area (Å²) in [5.41, 5.74) is -0.901. The first-order valence-electron chi connectivity index (χ1n) is 5.97. The molecule has 0 aromatic heterocycles. The maximum atomic E-state index is 12.9. The topological polar surface area (TPSA) is 21.3 Å². The van der Waals surface area contributed by atoms with Gasteiger partial charge in [0, 0.05) is 6.04 Å². The van der Waals surface area contributed by atoms with Crippen molar-refractivity contribution in [3.8, 4) is 5.75 Å². The van der Waals surface area contributed by atoms with E-state index in [2.05, 4.69) is 21.2 Å². The molecule has 6 heteroatoms. The van der Waals surface area contributed by atoms with Gasteiger partial charge >= 0.3 is 6.18 Å². The maximum Gasteiger partial charge on any atom is 0.406 e. The van der Waals surface area contributed by atoms with Gasteiger partial charge in [0.15, 0.2) is 0 Å². The van der Waals surface area contributed by atoms with Gasteiger partial charge in [-0.1, -0.05) is 6.07 Å². The van der Waals surface area contributed by atoms with Gasteiger partial charge in [0.2, 0.25) is 0 Å². The predicted octanol–water partition coefficient (Wildman–Crippen LogP) is 4.20. The molecule has 1 aliphatic carbocycles. The maximum absolute atomic E-state index is 12.9. The molecule has 106 valence electrons. The van der Waals surface area contributed by atoms with Crippen molar-refractivity contribution in [2.45, 2.75) is 37.5 Å². The largest absolute Gasteiger partial charge is 0.496 e. The summed E-state index contributed by atoms with van der Waals surface area (Å²) in [7, 11) is 1.55. The first kappa shape index (κ1) is 14.7. The molecule has 19 heavy (non-hydrogen) atoms. The molecule has 0 bridgehead atoms. The van der Waals surface area contributed by atoms with E-state index in [9.17, 15) is 13.2 Å². The van der Waals surface area contributed by atoms with Crippen LogP contribution in [0.1, 0.15) is 31.4 Å². The van der Waals surface area contributed by atoms with Crippen molar-refractivity contribution < 1.29 is 17.9 Å². The lowest BCUT2D eigenvalue weighted by Crippen LogP contribution is -2.45. The van der Waals surface area contributed by atoms with Crippen LogP contribution in [0.5, 0.6) is 5.75 Å². The van der Waals surface area contributed by atoms with E-state index in [1.165, 1.54) is 0 Å². The van der Waals surface area contributed by atoms with E-state index in [0.29, 0.717) is 5.75 Å². The zero-order valence-corrected chi connectivity index (χ0v) is 12.2. The van der Waals surface area contributed by atoms with E-state index in [0.717, 1.165) is 10.0 Å². The molecule has 1 unspecified atom stereocenters. The Morgan fingerprint density at radius 1 is 1.37 bits per heavy atom. The molecule has 0 spiro atoms. The minimum atomic E-state index is -4.19. The lowest BCUT2D eigenvalue weighted by molar-refractivity contribution is -0.167. The lowest BCUT2D eigenvalue weighted by atomic mass is 10.1. The van der Waals surface area contributed by atoms with Crippen LogP contribution in [0.4, 0.5) is 13.2 Å². The summed E-state index contributed by atoms with van der Waals surface area (Å²) in [5.74, 6) is 0.660. The Kier molecular flexibility index (Phi) is 3.84. The summed E-state index contributed by atoms with van der Waals surface area (Å²) < 4.78 is 44.5. The lowest BCUT2D eigenvalue weighted by Gasteiger charge is -2.25. The van der Waals surface area contributed by atoms with Gasteiger partial charge in [0.25, 0.3) is 0 Å². The van der Waals surface area contributed by atoms with Crippen LogP contribution in [0.2, 0.25) is 0 Å². The summed E-state index contributed by atoms with van der Waals surface area (Å²) in [6.45, 7) is 1.74. The molecular weight excluding hydrogens is 323 g/mol. The van der Waals surface area contributed by atoms with Crippen LogP contribution in [0, 0.1) is 0 Å². The van der Waals surface area contributed by atoms with Crippen LogP contribution in [-0.2, 0) is 0 Å². The van der Waals surface area contributed by atoms with E-state index in [-0.39, 0.29) is 18.9 Å². The second-order valence-corrected chi connectivity index (χ2v) is 5.69. The minimum absolute atomic E-state index is 0.151. The average Bonchev–Trinajstić information content (AvgIpc) is 3.09. The number of benzene rings is 1. The highest BCUT2D eigenvalue weighted by Crippen LogP contribution is 2.50. The number of ether oxygens (including phenoxy) is 1. The van der Waals surface area contributed by atoms with Gasteiger partial charge in [-0.25, -0.2) is 0 Å². The monoisotopic (exact) mass is 337 g/mol. The van der Waals surface area contributed by atoms with Crippen molar-refractivity contribution in [1.82, 2.24) is 5.32 Å². The average molecular weight is 338 g/mol. The second-order valence-electron chi connectivity index (χ2n) is 4.84. The van der Waals surface area contributed by atoms with Crippen molar-refractivity contribution in [3.05, 3.63) is 28.2 Å². The highest BCUT2D eigenvalue weighted by Gasteiger charge is 2.63. The third-order valence-corrected chi connectivity index (χ3v) is 4.08. The van der Waals surface area contributed by atoms with E-state index < -0.39 is 11.7 Å². The van der Waals surface area contributed by atoms with Gasteiger partial charge < -0.3 is 4.74 Å². The number of hydrogen-bond acceptors (Lipinski definition) is 2. The van der Waals surface area contributed by atoms with Gasteiger partial charge in [0.05, 0.1) is 11.6 Å². The Bertz CT molecular complexity index is 471. The number of nitrogens with one attached hydrogen (secondary N) is 1. The van der Waals surface area contributed by atoms with Gasteiger partial charge in [0.1, 0.15) is 11.3 Å². The first-order chi connectivity index (χ1) is 8.79. The van der Waals surface area contributed by atoms with Crippen LogP contribution in [-0.4, -0.2) is 18.8 Å². The third-order valence-electron chi connectivity index (χ3n) is 3.46. The molecule has 0 radical (unpaired) electrons. The fourth-order valence-corrected chi connectivity index (χ4v) is 2.64. The Morgan fingerprint density at radius 2 is 2.00 bits per heavy atom. The van der Waals surface area contributed by atoms with Crippen molar-refractivity contribution in [2.75, 3.05) is 7.11 Å². The molecule has 0 saturated heterocycles. The van der Waals surface area contributed by atoms with E-state index in [1.807, 2.05) is 0 Å². The third kappa shape index (κ3) is 2.89. The molecule has 1 fully saturated rings. The summed E-state index contributed by atoms with van der Waals surface area (Å²) in [5, 5.41) is 2.70. The summed E-state index contributed by atoms with van der Waals surface area (Å²) in [6, 6.07) is 4.92. The van der Waals surface area contributed by atoms with Crippen LogP contribution in [0.15, 0.2) is 22.7 Å². The highest BCUT2D eigenvalue weighted by atomic mass is 79.9. The van der Waals surface area contributed by atoms with Crippen molar-refractivity contribution in [1.29, 1.82) is 0 Å². The molecule has 1 saturated carbocycles. The molecule has 1 aliphatic rings. The first-order valence-corrected chi connectivity index (χ1v) is 6.76. The fourth-order valence-electron chi connectivity index (χ4n) is 2.08. The highest BCUT2D eigenvalue weighted by molar-refractivity contribution is 9.10. The number of halogens is 4. The second kappa shape index (κ2) is 4.98. The smallest absolute Gasteiger partial charge is 0.406 e. The predicted molar refractivity (Wildman–Crippen MR) is 70.3 cm³/mol. The summed E-state index contributed by atoms with van der Waals surface area (Å²) in [6.07, 6.45) is -3.89. The van der Waals surface area contributed by atoms with Gasteiger partial charge in [-0.2, -0.15) is 13.2 Å².